The predicted molar refractivity (Wildman–Crippen MR) is 74.1 cm³/mol. The third-order valence-electron chi connectivity index (χ3n) is 3.48. The van der Waals surface area contributed by atoms with Gasteiger partial charge in [-0.25, -0.2) is 22.3 Å². The van der Waals surface area contributed by atoms with Crippen molar-refractivity contribution in [2.24, 2.45) is 0 Å². The molecule has 1 aromatic carbocycles. The summed E-state index contributed by atoms with van der Waals surface area (Å²) in [5, 5.41) is 18.1. The van der Waals surface area contributed by atoms with Gasteiger partial charge in [-0.15, -0.1) is 0 Å². The van der Waals surface area contributed by atoms with Crippen LogP contribution in [0.2, 0.25) is 0 Å². The number of sulfonamides is 1. The largest absolute Gasteiger partial charge is 0.478 e. The highest BCUT2D eigenvalue weighted by Gasteiger charge is 2.33. The van der Waals surface area contributed by atoms with Gasteiger partial charge in [0, 0.05) is 0 Å². The number of nitrogens with one attached hydrogen (secondary N) is 1. The van der Waals surface area contributed by atoms with Gasteiger partial charge in [0.05, 0.1) is 17.7 Å². The van der Waals surface area contributed by atoms with E-state index in [1.54, 1.807) is 13.8 Å². The molecular formula is C13H18FNO5S. The summed E-state index contributed by atoms with van der Waals surface area (Å²) in [5.74, 6) is -2.50. The fraction of sp³-hybridized carbons (Fsp3) is 0.462. The molecule has 0 saturated carbocycles. The fourth-order valence-corrected chi connectivity index (χ4v) is 3.44. The van der Waals surface area contributed by atoms with Gasteiger partial charge in [0.15, 0.2) is 0 Å². The van der Waals surface area contributed by atoms with Crippen LogP contribution in [0.3, 0.4) is 0 Å². The molecule has 0 aliphatic rings. The highest BCUT2D eigenvalue weighted by Crippen LogP contribution is 2.21. The summed E-state index contributed by atoms with van der Waals surface area (Å²) < 4.78 is 40.6. The average molecular weight is 319 g/mol. The second-order valence-electron chi connectivity index (χ2n) is 4.70. The van der Waals surface area contributed by atoms with E-state index in [1.165, 1.54) is 0 Å². The van der Waals surface area contributed by atoms with Gasteiger partial charge in [-0.1, -0.05) is 13.8 Å². The molecule has 3 N–H and O–H groups in total. The molecular weight excluding hydrogens is 301 g/mol. The van der Waals surface area contributed by atoms with Crippen LogP contribution in [-0.4, -0.2) is 36.7 Å². The first-order valence-electron chi connectivity index (χ1n) is 6.39. The maximum atomic E-state index is 13.8. The Labute approximate surface area is 122 Å². The first-order chi connectivity index (χ1) is 9.71. The van der Waals surface area contributed by atoms with Gasteiger partial charge in [-0.2, -0.15) is 0 Å². The van der Waals surface area contributed by atoms with Crippen molar-refractivity contribution >= 4 is 16.0 Å². The minimum absolute atomic E-state index is 0.327. The third-order valence-corrected chi connectivity index (χ3v) is 5.09. The van der Waals surface area contributed by atoms with Crippen LogP contribution < -0.4 is 4.72 Å². The molecule has 1 rings (SSSR count). The number of carboxylic acids is 1. The second kappa shape index (κ2) is 6.50. The van der Waals surface area contributed by atoms with Crippen LogP contribution >= 0.6 is 0 Å². The van der Waals surface area contributed by atoms with E-state index in [4.69, 9.17) is 5.11 Å². The Bertz CT molecular complexity index is 617. The number of aliphatic hydroxyl groups is 1. The second-order valence-corrected chi connectivity index (χ2v) is 6.35. The molecule has 0 aromatic heterocycles. The van der Waals surface area contributed by atoms with Crippen LogP contribution in [0.4, 0.5) is 4.39 Å². The van der Waals surface area contributed by atoms with Gasteiger partial charge in [-0.3, -0.25) is 0 Å². The number of aliphatic hydroxyl groups excluding tert-OH is 1. The van der Waals surface area contributed by atoms with Crippen molar-refractivity contribution in [2.75, 3.05) is 6.61 Å². The summed E-state index contributed by atoms with van der Waals surface area (Å²) in [6.07, 6.45) is 0.655. The van der Waals surface area contributed by atoms with Gasteiger partial charge in [0.1, 0.15) is 10.7 Å². The van der Waals surface area contributed by atoms with Gasteiger partial charge < -0.3 is 10.2 Å². The van der Waals surface area contributed by atoms with E-state index in [0.29, 0.717) is 18.9 Å². The number of aromatic carboxylic acids is 1. The lowest BCUT2D eigenvalue weighted by Gasteiger charge is -2.30. The van der Waals surface area contributed by atoms with Crippen LogP contribution in [-0.2, 0) is 10.0 Å². The molecule has 8 heteroatoms. The van der Waals surface area contributed by atoms with Crippen molar-refractivity contribution in [1.29, 1.82) is 0 Å². The summed E-state index contributed by atoms with van der Waals surface area (Å²) in [6.45, 7) is 2.98. The van der Waals surface area contributed by atoms with Crippen molar-refractivity contribution in [3.05, 3.63) is 29.6 Å². The molecule has 1 aromatic rings. The summed E-state index contributed by atoms with van der Waals surface area (Å²) >= 11 is 0. The van der Waals surface area contributed by atoms with E-state index in [2.05, 4.69) is 4.72 Å². The minimum atomic E-state index is -4.21. The zero-order valence-electron chi connectivity index (χ0n) is 11.8. The highest BCUT2D eigenvalue weighted by molar-refractivity contribution is 7.89. The summed E-state index contributed by atoms with van der Waals surface area (Å²) in [7, 11) is -4.21. The van der Waals surface area contributed by atoms with Gasteiger partial charge >= 0.3 is 5.97 Å². The molecule has 0 radical (unpaired) electrons. The standard InChI is InChI=1S/C13H18FNO5S/c1-3-13(4-2,8-16)15-21(19,20)11-6-5-9(12(17)18)7-10(11)14/h5-7,15-16H,3-4,8H2,1-2H3,(H,17,18). The summed E-state index contributed by atoms with van der Waals surface area (Å²) in [4.78, 5) is 10.1. The lowest BCUT2D eigenvalue weighted by Crippen LogP contribution is -2.50. The monoisotopic (exact) mass is 319 g/mol. The normalized spacial score (nSPS) is 12.4. The first kappa shape index (κ1) is 17.5. The zero-order valence-corrected chi connectivity index (χ0v) is 12.6. The Morgan fingerprint density at radius 3 is 2.29 bits per heavy atom. The SMILES string of the molecule is CCC(CC)(CO)NS(=O)(=O)c1ccc(C(=O)O)cc1F. The molecule has 6 nitrogen and oxygen atoms in total. The summed E-state index contributed by atoms with van der Waals surface area (Å²) in [5.41, 5.74) is -1.41. The number of carbonyl (C=O) groups is 1. The molecule has 0 aliphatic heterocycles. The Kier molecular flexibility index (Phi) is 5.43. The lowest BCUT2D eigenvalue weighted by atomic mass is 9.96. The van der Waals surface area contributed by atoms with E-state index < -0.39 is 38.9 Å². The maximum Gasteiger partial charge on any atom is 0.335 e. The van der Waals surface area contributed by atoms with E-state index in [1.807, 2.05) is 0 Å². The van der Waals surface area contributed by atoms with Crippen LogP contribution in [0.5, 0.6) is 0 Å². The number of halogens is 1. The van der Waals surface area contributed by atoms with E-state index >= 15 is 0 Å². The average Bonchev–Trinajstić information content (AvgIpc) is 2.44. The van der Waals surface area contributed by atoms with Gasteiger partial charge in [0.2, 0.25) is 10.0 Å². The van der Waals surface area contributed by atoms with Crippen LogP contribution in [0.1, 0.15) is 37.0 Å². The number of rotatable bonds is 7. The lowest BCUT2D eigenvalue weighted by molar-refractivity contribution is 0.0696. The Morgan fingerprint density at radius 2 is 1.90 bits per heavy atom. The van der Waals surface area contributed by atoms with Crippen molar-refractivity contribution < 1.29 is 27.8 Å². The van der Waals surface area contributed by atoms with Crippen molar-refractivity contribution in [3.63, 3.8) is 0 Å². The Hall–Kier alpha value is -1.51. The number of benzene rings is 1. The van der Waals surface area contributed by atoms with Gasteiger partial charge in [0.25, 0.3) is 0 Å². The van der Waals surface area contributed by atoms with Crippen molar-refractivity contribution in [2.45, 2.75) is 37.1 Å². The van der Waals surface area contributed by atoms with Crippen molar-refractivity contribution in [1.82, 2.24) is 4.72 Å². The first-order valence-corrected chi connectivity index (χ1v) is 7.87. The Morgan fingerprint density at radius 1 is 1.33 bits per heavy atom. The molecule has 0 aliphatic carbocycles. The zero-order chi connectivity index (χ0) is 16.3. The smallest absolute Gasteiger partial charge is 0.335 e. The number of carboxylic acid groups (broad SMARTS) is 1. The number of hydrogen-bond acceptors (Lipinski definition) is 4. The Balaban J connectivity index is 3.23. The third kappa shape index (κ3) is 3.78. The van der Waals surface area contributed by atoms with Gasteiger partial charge in [-0.05, 0) is 31.0 Å². The van der Waals surface area contributed by atoms with Crippen LogP contribution in [0.25, 0.3) is 0 Å². The molecule has 0 unspecified atom stereocenters. The van der Waals surface area contributed by atoms with E-state index in [0.717, 1.165) is 12.1 Å². The number of hydrogen-bond donors (Lipinski definition) is 3. The van der Waals surface area contributed by atoms with Crippen LogP contribution in [0, 0.1) is 5.82 Å². The van der Waals surface area contributed by atoms with Crippen molar-refractivity contribution in [3.8, 4) is 0 Å². The molecule has 0 saturated heterocycles. The summed E-state index contributed by atoms with van der Waals surface area (Å²) in [6, 6.07) is 2.56. The topological polar surface area (TPSA) is 104 Å². The molecule has 21 heavy (non-hydrogen) atoms. The molecule has 0 atom stereocenters. The predicted octanol–water partition coefficient (Wildman–Crippen LogP) is 1.35. The highest BCUT2D eigenvalue weighted by atomic mass is 32.2. The molecule has 0 spiro atoms. The maximum absolute atomic E-state index is 13.8. The molecule has 0 amide bonds. The van der Waals surface area contributed by atoms with E-state index in [-0.39, 0.29) is 5.56 Å². The molecule has 0 heterocycles. The molecule has 0 bridgehead atoms. The van der Waals surface area contributed by atoms with E-state index in [9.17, 15) is 22.7 Å². The molecule has 0 fully saturated rings. The molecule has 118 valence electrons. The van der Waals surface area contributed by atoms with Crippen LogP contribution in [0.15, 0.2) is 23.1 Å². The quantitative estimate of drug-likeness (QED) is 0.704. The fourth-order valence-electron chi connectivity index (χ4n) is 1.84. The minimum Gasteiger partial charge on any atom is -0.478 e.